The van der Waals surface area contributed by atoms with E-state index in [1.165, 1.54) is 11.8 Å². The summed E-state index contributed by atoms with van der Waals surface area (Å²) in [7, 11) is 1.66. The molecule has 0 spiro atoms. The SMILES string of the molecule is C#CCNC(=NC)/C(=C/C1CCN(Cc2ccc(C(N)(F)F)cc2C(F)(F)F)CC1)SC=C. The number of amidine groups is 1. The third-order valence-electron chi connectivity index (χ3n) is 5.24. The first-order chi connectivity index (χ1) is 15.5. The molecule has 0 aromatic heterocycles. The number of benzene rings is 1. The molecule has 33 heavy (non-hydrogen) atoms. The Hall–Kier alpha value is -2.35. The molecule has 1 aliphatic rings. The highest BCUT2D eigenvalue weighted by atomic mass is 32.2. The van der Waals surface area contributed by atoms with Crippen LogP contribution < -0.4 is 11.1 Å². The molecule has 3 N–H and O–H groups in total. The lowest BCUT2D eigenvalue weighted by Gasteiger charge is -2.32. The number of nitrogens with two attached hydrogens (primary N) is 1. The maximum Gasteiger partial charge on any atom is 0.416 e. The third-order valence-corrected chi connectivity index (χ3v) is 5.99. The van der Waals surface area contributed by atoms with Crippen LogP contribution in [-0.2, 0) is 18.8 Å². The Morgan fingerprint density at radius 1 is 1.33 bits per heavy atom. The summed E-state index contributed by atoms with van der Waals surface area (Å²) in [6.07, 6.45) is 4.09. The molecule has 0 atom stereocenters. The smallest absolute Gasteiger partial charge is 0.359 e. The van der Waals surface area contributed by atoms with E-state index in [9.17, 15) is 22.0 Å². The van der Waals surface area contributed by atoms with Gasteiger partial charge >= 0.3 is 12.2 Å². The molecule has 180 valence electrons. The molecule has 1 fully saturated rings. The van der Waals surface area contributed by atoms with Gasteiger partial charge in [0.15, 0.2) is 0 Å². The van der Waals surface area contributed by atoms with Gasteiger partial charge in [-0.25, -0.2) is 0 Å². The Balaban J connectivity index is 2.11. The number of hydrogen-bond donors (Lipinski definition) is 2. The molecule has 1 aromatic rings. The molecule has 0 amide bonds. The van der Waals surface area contributed by atoms with Crippen LogP contribution >= 0.6 is 11.8 Å². The molecule has 2 rings (SSSR count). The van der Waals surface area contributed by atoms with Crippen molar-refractivity contribution in [3.8, 4) is 12.3 Å². The standard InChI is InChI=1S/C23H27F5N4S/c1-4-10-31-21(30-3)20(33-5-2)13-16-8-11-32(12-9-16)15-17-6-7-18(23(27,28)29)14-19(17)22(24,25)26/h1,5-7,13-14,16H,2,8-12,15,29H2,3H3,(H,30,31)/b20-13-. The number of halogens is 5. The van der Waals surface area contributed by atoms with E-state index in [2.05, 4.69) is 28.9 Å². The van der Waals surface area contributed by atoms with Gasteiger partial charge in [-0.3, -0.25) is 15.6 Å². The van der Waals surface area contributed by atoms with Gasteiger partial charge in [0, 0.05) is 24.1 Å². The first kappa shape index (κ1) is 26.9. The number of allylic oxidation sites excluding steroid dienone is 1. The predicted molar refractivity (Wildman–Crippen MR) is 124 cm³/mol. The van der Waals surface area contributed by atoms with Crippen molar-refractivity contribution in [2.45, 2.75) is 31.6 Å². The molecule has 0 aliphatic carbocycles. The molecule has 1 aromatic carbocycles. The maximum absolute atomic E-state index is 13.5. The average Bonchev–Trinajstić information content (AvgIpc) is 2.74. The molecule has 1 heterocycles. The zero-order valence-corrected chi connectivity index (χ0v) is 19.1. The highest BCUT2D eigenvalue weighted by Gasteiger charge is 2.37. The van der Waals surface area contributed by atoms with Crippen LogP contribution in [0.5, 0.6) is 0 Å². The fourth-order valence-corrected chi connectivity index (χ4v) is 4.32. The number of alkyl halides is 5. The Kier molecular flexibility index (Phi) is 9.52. The minimum atomic E-state index is -4.75. The number of terminal acetylenes is 1. The summed E-state index contributed by atoms with van der Waals surface area (Å²) in [5.74, 6) is 3.36. The number of rotatable bonds is 8. The van der Waals surface area contributed by atoms with Gasteiger partial charge < -0.3 is 5.32 Å². The fourth-order valence-electron chi connectivity index (χ4n) is 3.59. The van der Waals surface area contributed by atoms with Crippen LogP contribution in [0.1, 0.15) is 29.5 Å². The zero-order valence-electron chi connectivity index (χ0n) is 18.3. The Morgan fingerprint density at radius 2 is 2.00 bits per heavy atom. The van der Waals surface area contributed by atoms with Crippen molar-refractivity contribution in [2.24, 2.45) is 16.6 Å². The molecule has 0 bridgehead atoms. The number of aliphatic imine (C=N–C) groups is 1. The van der Waals surface area contributed by atoms with E-state index in [4.69, 9.17) is 12.2 Å². The van der Waals surface area contributed by atoms with Crippen molar-refractivity contribution in [3.63, 3.8) is 0 Å². The van der Waals surface area contributed by atoms with Crippen LogP contribution in [0.15, 0.2) is 46.2 Å². The largest absolute Gasteiger partial charge is 0.416 e. The molecular weight excluding hydrogens is 459 g/mol. The van der Waals surface area contributed by atoms with Crippen molar-refractivity contribution in [1.82, 2.24) is 10.2 Å². The Morgan fingerprint density at radius 3 is 2.52 bits per heavy atom. The summed E-state index contributed by atoms with van der Waals surface area (Å²) < 4.78 is 67.1. The topological polar surface area (TPSA) is 53.7 Å². The van der Waals surface area contributed by atoms with Gasteiger partial charge in [-0.15, -0.1) is 6.42 Å². The summed E-state index contributed by atoms with van der Waals surface area (Å²) in [6.45, 7) is 5.22. The van der Waals surface area contributed by atoms with Crippen molar-refractivity contribution < 1.29 is 22.0 Å². The van der Waals surface area contributed by atoms with Gasteiger partial charge in [-0.05, 0) is 48.9 Å². The van der Waals surface area contributed by atoms with E-state index in [1.807, 2.05) is 4.90 Å². The zero-order chi connectivity index (χ0) is 24.6. The second-order valence-corrected chi connectivity index (χ2v) is 8.56. The molecule has 1 saturated heterocycles. The second kappa shape index (κ2) is 11.7. The summed E-state index contributed by atoms with van der Waals surface area (Å²) in [6, 6.07) is -1.35. The van der Waals surface area contributed by atoms with Crippen LogP contribution in [0.4, 0.5) is 22.0 Å². The van der Waals surface area contributed by atoms with Gasteiger partial charge in [-0.1, -0.05) is 42.5 Å². The molecule has 0 radical (unpaired) electrons. The predicted octanol–water partition coefficient (Wildman–Crippen LogP) is 4.94. The lowest BCUT2D eigenvalue weighted by Crippen LogP contribution is -2.34. The lowest BCUT2D eigenvalue weighted by molar-refractivity contribution is -0.138. The Bertz CT molecular complexity index is 920. The van der Waals surface area contributed by atoms with Gasteiger partial charge in [0.25, 0.3) is 0 Å². The number of piperidine rings is 1. The van der Waals surface area contributed by atoms with E-state index >= 15 is 0 Å². The molecule has 10 heteroatoms. The summed E-state index contributed by atoms with van der Waals surface area (Å²) >= 11 is 1.42. The molecular formula is C23H27F5N4S. The van der Waals surface area contributed by atoms with Gasteiger partial charge in [0.1, 0.15) is 5.84 Å². The van der Waals surface area contributed by atoms with E-state index in [0.717, 1.165) is 29.9 Å². The van der Waals surface area contributed by atoms with Crippen molar-refractivity contribution in [2.75, 3.05) is 26.7 Å². The van der Waals surface area contributed by atoms with Gasteiger partial charge in [0.05, 0.1) is 12.1 Å². The fraction of sp³-hybridized carbons (Fsp3) is 0.435. The highest BCUT2D eigenvalue weighted by Crippen LogP contribution is 2.36. The minimum absolute atomic E-state index is 0.0152. The molecule has 1 aliphatic heterocycles. The average molecular weight is 487 g/mol. The van der Waals surface area contributed by atoms with Crippen molar-refractivity contribution in [1.29, 1.82) is 0 Å². The van der Waals surface area contributed by atoms with Gasteiger partial charge in [-0.2, -0.15) is 22.0 Å². The molecule has 0 saturated carbocycles. The summed E-state index contributed by atoms with van der Waals surface area (Å²) in [5.41, 5.74) is 2.70. The first-order valence-electron chi connectivity index (χ1n) is 10.2. The van der Waals surface area contributed by atoms with E-state index < -0.39 is 23.3 Å². The highest BCUT2D eigenvalue weighted by molar-refractivity contribution is 8.06. The van der Waals surface area contributed by atoms with E-state index in [1.54, 1.807) is 12.5 Å². The Labute approximate surface area is 195 Å². The van der Waals surface area contributed by atoms with Crippen molar-refractivity contribution >= 4 is 17.6 Å². The van der Waals surface area contributed by atoms with E-state index in [-0.39, 0.29) is 18.0 Å². The minimum Gasteiger partial charge on any atom is -0.359 e. The first-order valence-corrected chi connectivity index (χ1v) is 11.1. The molecule has 0 unspecified atom stereocenters. The number of nitrogens with one attached hydrogen (secondary N) is 1. The third kappa shape index (κ3) is 7.88. The number of thioether (sulfide) groups is 1. The number of hydrogen-bond acceptors (Lipinski definition) is 4. The lowest BCUT2D eigenvalue weighted by atomic mass is 9.95. The summed E-state index contributed by atoms with van der Waals surface area (Å²) in [4.78, 5) is 7.01. The van der Waals surface area contributed by atoms with Crippen LogP contribution in [0, 0.1) is 18.3 Å². The second-order valence-electron chi connectivity index (χ2n) is 7.55. The quantitative estimate of drug-likeness (QED) is 0.180. The summed E-state index contributed by atoms with van der Waals surface area (Å²) in [5, 5.41) is 4.76. The molecule has 4 nitrogen and oxygen atoms in total. The van der Waals surface area contributed by atoms with Crippen LogP contribution in [0.25, 0.3) is 0 Å². The number of likely N-dealkylation sites (tertiary alicyclic amines) is 1. The van der Waals surface area contributed by atoms with Crippen LogP contribution in [-0.4, -0.2) is 37.4 Å². The van der Waals surface area contributed by atoms with Crippen molar-refractivity contribution in [3.05, 3.63) is 57.9 Å². The monoisotopic (exact) mass is 486 g/mol. The number of nitrogens with zero attached hydrogens (tertiary/aromatic N) is 2. The maximum atomic E-state index is 13.5. The van der Waals surface area contributed by atoms with Crippen LogP contribution in [0.3, 0.4) is 0 Å². The normalized spacial score (nSPS) is 17.0. The van der Waals surface area contributed by atoms with Crippen LogP contribution in [0.2, 0.25) is 0 Å². The van der Waals surface area contributed by atoms with E-state index in [0.29, 0.717) is 31.5 Å². The van der Waals surface area contributed by atoms with Gasteiger partial charge in [0.2, 0.25) is 0 Å².